The Balaban J connectivity index is 1.86. The molecule has 98 valence electrons. The van der Waals surface area contributed by atoms with Crippen molar-refractivity contribution in [3.8, 4) is 5.75 Å². The molecule has 0 aliphatic rings. The molecule has 0 spiro atoms. The van der Waals surface area contributed by atoms with Crippen LogP contribution >= 0.6 is 0 Å². The number of aryl methyl sites for hydroxylation is 2. The highest BCUT2D eigenvalue weighted by atomic mass is 16.5. The molecule has 0 fully saturated rings. The van der Waals surface area contributed by atoms with E-state index in [2.05, 4.69) is 10.3 Å². The number of nitrogens with one attached hydrogen (secondary N) is 1. The molecule has 2 aromatic rings. The summed E-state index contributed by atoms with van der Waals surface area (Å²) in [7, 11) is 0. The average molecular weight is 256 g/mol. The minimum atomic E-state index is -0.223. The van der Waals surface area contributed by atoms with E-state index < -0.39 is 0 Å². The molecule has 0 unspecified atom stereocenters. The van der Waals surface area contributed by atoms with E-state index in [4.69, 9.17) is 4.74 Å². The van der Waals surface area contributed by atoms with Crippen LogP contribution in [0.15, 0.2) is 42.6 Å². The lowest BCUT2D eigenvalue weighted by Crippen LogP contribution is -2.20. The number of hydrogen-bond donors (Lipinski definition) is 1. The van der Waals surface area contributed by atoms with Gasteiger partial charge in [0.05, 0.1) is 0 Å². The molecule has 1 heterocycles. The molecule has 0 saturated carbocycles. The van der Waals surface area contributed by atoms with E-state index in [0.717, 1.165) is 11.1 Å². The van der Waals surface area contributed by atoms with Gasteiger partial charge in [-0.2, -0.15) is 0 Å². The summed E-state index contributed by atoms with van der Waals surface area (Å²) in [6.45, 7) is 3.92. The molecule has 0 saturated heterocycles. The van der Waals surface area contributed by atoms with Gasteiger partial charge in [0.15, 0.2) is 6.61 Å². The average Bonchev–Trinajstić information content (AvgIpc) is 2.38. The summed E-state index contributed by atoms with van der Waals surface area (Å²) in [4.78, 5) is 15.7. The third-order valence-electron chi connectivity index (χ3n) is 2.57. The largest absolute Gasteiger partial charge is 0.484 e. The van der Waals surface area contributed by atoms with Crippen LogP contribution in [0, 0.1) is 13.8 Å². The number of aromatic nitrogens is 1. The van der Waals surface area contributed by atoms with Gasteiger partial charge in [-0.25, -0.2) is 4.98 Å². The molecule has 1 amide bonds. The standard InChI is InChI=1S/C15H16N2O2/c1-11-3-5-13(6-4-11)19-10-15(18)17-14-9-12(2)7-8-16-14/h3-9H,10H2,1-2H3,(H,16,17,18). The van der Waals surface area contributed by atoms with Gasteiger partial charge in [-0.15, -0.1) is 0 Å². The predicted molar refractivity (Wildman–Crippen MR) is 74.3 cm³/mol. The zero-order valence-electron chi connectivity index (χ0n) is 11.0. The molecule has 0 aliphatic heterocycles. The highest BCUT2D eigenvalue weighted by Gasteiger charge is 2.04. The van der Waals surface area contributed by atoms with Gasteiger partial charge in [-0.05, 0) is 43.7 Å². The number of pyridine rings is 1. The van der Waals surface area contributed by atoms with Crippen LogP contribution in [0.25, 0.3) is 0 Å². The summed E-state index contributed by atoms with van der Waals surface area (Å²) < 4.78 is 5.39. The molecule has 0 atom stereocenters. The maximum atomic E-state index is 11.7. The van der Waals surface area contributed by atoms with Crippen molar-refractivity contribution in [2.75, 3.05) is 11.9 Å². The number of anilines is 1. The smallest absolute Gasteiger partial charge is 0.263 e. The maximum Gasteiger partial charge on any atom is 0.263 e. The third kappa shape index (κ3) is 4.10. The van der Waals surface area contributed by atoms with Gasteiger partial charge >= 0.3 is 0 Å². The second-order valence-electron chi connectivity index (χ2n) is 4.37. The van der Waals surface area contributed by atoms with Crippen molar-refractivity contribution in [3.05, 3.63) is 53.7 Å². The summed E-state index contributed by atoms with van der Waals surface area (Å²) >= 11 is 0. The first kappa shape index (κ1) is 13.1. The summed E-state index contributed by atoms with van der Waals surface area (Å²) in [5.74, 6) is 0.995. The summed E-state index contributed by atoms with van der Waals surface area (Å²) in [5, 5.41) is 2.69. The lowest BCUT2D eigenvalue weighted by atomic mass is 10.2. The van der Waals surface area contributed by atoms with Gasteiger partial charge < -0.3 is 10.1 Å². The van der Waals surface area contributed by atoms with Crippen molar-refractivity contribution in [1.82, 2.24) is 4.98 Å². The lowest BCUT2D eigenvalue weighted by molar-refractivity contribution is -0.118. The summed E-state index contributed by atoms with van der Waals surface area (Å²) in [6.07, 6.45) is 1.66. The number of nitrogens with zero attached hydrogens (tertiary/aromatic N) is 1. The normalized spacial score (nSPS) is 10.0. The molecule has 0 bridgehead atoms. The van der Waals surface area contributed by atoms with Crippen LogP contribution in [0.2, 0.25) is 0 Å². The number of hydrogen-bond acceptors (Lipinski definition) is 3. The summed E-state index contributed by atoms with van der Waals surface area (Å²) in [6, 6.07) is 11.2. The molecule has 2 rings (SSSR count). The van der Waals surface area contributed by atoms with Crippen LogP contribution in [0.5, 0.6) is 5.75 Å². The van der Waals surface area contributed by atoms with Crippen molar-refractivity contribution in [2.24, 2.45) is 0 Å². The Kier molecular flexibility index (Phi) is 4.13. The number of amides is 1. The van der Waals surface area contributed by atoms with Crippen LogP contribution < -0.4 is 10.1 Å². The van der Waals surface area contributed by atoms with Gasteiger partial charge in [0.1, 0.15) is 11.6 Å². The number of carbonyl (C=O) groups is 1. The predicted octanol–water partition coefficient (Wildman–Crippen LogP) is 2.72. The van der Waals surface area contributed by atoms with Crippen LogP contribution in [0.4, 0.5) is 5.82 Å². The van der Waals surface area contributed by atoms with Crippen LogP contribution in [-0.2, 0) is 4.79 Å². The number of carbonyl (C=O) groups excluding carboxylic acids is 1. The molecule has 1 aromatic heterocycles. The second-order valence-corrected chi connectivity index (χ2v) is 4.37. The Bertz CT molecular complexity index is 565. The fourth-order valence-electron chi connectivity index (χ4n) is 1.57. The Labute approximate surface area is 112 Å². The minimum Gasteiger partial charge on any atom is -0.484 e. The fraction of sp³-hybridized carbons (Fsp3) is 0.200. The number of ether oxygens (including phenoxy) is 1. The first-order valence-electron chi connectivity index (χ1n) is 6.05. The Hall–Kier alpha value is -2.36. The molecule has 19 heavy (non-hydrogen) atoms. The SMILES string of the molecule is Cc1ccc(OCC(=O)Nc2cc(C)ccn2)cc1. The quantitative estimate of drug-likeness (QED) is 0.915. The molecular formula is C15H16N2O2. The lowest BCUT2D eigenvalue weighted by Gasteiger charge is -2.07. The fourth-order valence-corrected chi connectivity index (χ4v) is 1.57. The van der Waals surface area contributed by atoms with E-state index in [-0.39, 0.29) is 12.5 Å². The first-order chi connectivity index (χ1) is 9.13. The topological polar surface area (TPSA) is 51.2 Å². The highest BCUT2D eigenvalue weighted by molar-refractivity contribution is 5.90. The molecule has 4 nitrogen and oxygen atoms in total. The molecule has 1 aromatic carbocycles. The van der Waals surface area contributed by atoms with Gasteiger partial charge in [-0.3, -0.25) is 4.79 Å². The van der Waals surface area contributed by atoms with E-state index in [1.807, 2.05) is 50.2 Å². The van der Waals surface area contributed by atoms with E-state index in [9.17, 15) is 4.79 Å². The summed E-state index contributed by atoms with van der Waals surface area (Å²) in [5.41, 5.74) is 2.20. The Morgan fingerprint density at radius 1 is 1.16 bits per heavy atom. The van der Waals surface area contributed by atoms with Gasteiger partial charge in [0, 0.05) is 6.20 Å². The third-order valence-corrected chi connectivity index (χ3v) is 2.57. The van der Waals surface area contributed by atoms with E-state index in [0.29, 0.717) is 11.6 Å². The minimum absolute atomic E-state index is 0.0291. The number of rotatable bonds is 4. The Morgan fingerprint density at radius 3 is 2.58 bits per heavy atom. The van der Waals surface area contributed by atoms with E-state index >= 15 is 0 Å². The van der Waals surface area contributed by atoms with Crippen molar-refractivity contribution in [3.63, 3.8) is 0 Å². The molecule has 0 radical (unpaired) electrons. The molecule has 0 aliphatic carbocycles. The van der Waals surface area contributed by atoms with Gasteiger partial charge in [0.25, 0.3) is 5.91 Å². The zero-order valence-corrected chi connectivity index (χ0v) is 11.0. The highest BCUT2D eigenvalue weighted by Crippen LogP contribution is 2.11. The maximum absolute atomic E-state index is 11.7. The zero-order chi connectivity index (χ0) is 13.7. The van der Waals surface area contributed by atoms with Crippen molar-refractivity contribution in [1.29, 1.82) is 0 Å². The van der Waals surface area contributed by atoms with Crippen LogP contribution in [0.3, 0.4) is 0 Å². The van der Waals surface area contributed by atoms with Crippen molar-refractivity contribution in [2.45, 2.75) is 13.8 Å². The Morgan fingerprint density at radius 2 is 1.89 bits per heavy atom. The van der Waals surface area contributed by atoms with E-state index in [1.54, 1.807) is 6.20 Å². The van der Waals surface area contributed by atoms with Gasteiger partial charge in [0.2, 0.25) is 0 Å². The van der Waals surface area contributed by atoms with Crippen molar-refractivity contribution < 1.29 is 9.53 Å². The van der Waals surface area contributed by atoms with Crippen LogP contribution in [0.1, 0.15) is 11.1 Å². The monoisotopic (exact) mass is 256 g/mol. The van der Waals surface area contributed by atoms with Gasteiger partial charge in [-0.1, -0.05) is 17.7 Å². The van der Waals surface area contributed by atoms with Crippen molar-refractivity contribution >= 4 is 11.7 Å². The molecular weight excluding hydrogens is 240 g/mol. The molecule has 1 N–H and O–H groups in total. The molecule has 4 heteroatoms. The second kappa shape index (κ2) is 6.00. The number of benzene rings is 1. The first-order valence-corrected chi connectivity index (χ1v) is 6.05. The van der Waals surface area contributed by atoms with Crippen LogP contribution in [-0.4, -0.2) is 17.5 Å². The van der Waals surface area contributed by atoms with E-state index in [1.165, 1.54) is 0 Å².